The highest BCUT2D eigenvalue weighted by Gasteiger charge is 2.33. The lowest BCUT2D eigenvalue weighted by molar-refractivity contribution is -0.137. The smallest absolute Gasteiger partial charge is 0.391 e. The molecule has 0 spiro atoms. The summed E-state index contributed by atoms with van der Waals surface area (Å²) in [5.41, 5.74) is -0.362. The van der Waals surface area contributed by atoms with Gasteiger partial charge in [0, 0.05) is 18.8 Å². The van der Waals surface area contributed by atoms with Crippen LogP contribution in [0, 0.1) is 0 Å². The predicted octanol–water partition coefficient (Wildman–Crippen LogP) is 3.42. The molecule has 1 aliphatic rings. The molecule has 3 N–H and O–H groups in total. The molecule has 1 saturated heterocycles. The van der Waals surface area contributed by atoms with Gasteiger partial charge in [-0.25, -0.2) is 21.6 Å². The first-order valence-electron chi connectivity index (χ1n) is 11.6. The molecule has 1 aliphatic heterocycles. The lowest BCUT2D eigenvalue weighted by Gasteiger charge is -2.23. The van der Waals surface area contributed by atoms with E-state index in [1.54, 1.807) is 37.4 Å². The number of rotatable bonds is 10. The molecule has 0 unspecified atom stereocenters. The molecule has 2 aromatic rings. The van der Waals surface area contributed by atoms with E-state index in [0.717, 1.165) is 29.8 Å². The number of hydrogen-bond acceptors (Lipinski definition) is 6. The summed E-state index contributed by atoms with van der Waals surface area (Å²) in [6, 6.07) is 11.3. The zero-order chi connectivity index (χ0) is 27.1. The molecular formula is C25H30F3N3O4S2. The van der Waals surface area contributed by atoms with Gasteiger partial charge in [0.05, 0.1) is 22.0 Å². The van der Waals surface area contributed by atoms with Gasteiger partial charge in [-0.3, -0.25) is 0 Å². The minimum Gasteiger partial charge on any atom is -0.391 e. The van der Waals surface area contributed by atoms with Gasteiger partial charge in [-0.15, -0.1) is 0 Å². The zero-order valence-electron chi connectivity index (χ0n) is 20.3. The highest BCUT2D eigenvalue weighted by molar-refractivity contribution is 7.91. The number of hydrogen-bond donors (Lipinski definition) is 3. The van der Waals surface area contributed by atoms with Crippen LogP contribution in [-0.2, 0) is 26.0 Å². The average molecular weight is 558 g/mol. The first-order valence-corrected chi connectivity index (χ1v) is 14.9. The van der Waals surface area contributed by atoms with Gasteiger partial charge in [0.2, 0.25) is 10.0 Å². The summed E-state index contributed by atoms with van der Waals surface area (Å²) in [7, 11) is -6.23. The molecule has 1 heterocycles. The summed E-state index contributed by atoms with van der Waals surface area (Å²) in [4.78, 5) is -0.301. The molecule has 7 nitrogen and oxygen atoms in total. The summed E-state index contributed by atoms with van der Waals surface area (Å²) in [6.45, 7) is 1.35. The highest BCUT2D eigenvalue weighted by Crippen LogP contribution is 2.34. The Labute approximate surface area is 215 Å². The standard InChI is InChI=1S/C25H30F3N3O4S2/c1-29-22(16-19-6-3-2-4-7-19)18-36(32,33)23-9-10-24(25(26,27)28)20(17-23)8-5-15-37(34,35)31-21-11-13-30-14-12-21/h2-10,16-17,21,29-31H,11-15,18H2,1H3. The first kappa shape index (κ1) is 28.9. The van der Waals surface area contributed by atoms with Gasteiger partial charge in [-0.1, -0.05) is 42.5 Å². The van der Waals surface area contributed by atoms with E-state index in [-0.39, 0.29) is 10.9 Å². The maximum absolute atomic E-state index is 13.6. The maximum Gasteiger partial charge on any atom is 0.416 e. The van der Waals surface area contributed by atoms with Gasteiger partial charge < -0.3 is 10.6 Å². The van der Waals surface area contributed by atoms with Gasteiger partial charge in [0.1, 0.15) is 0 Å². The molecule has 12 heteroatoms. The van der Waals surface area contributed by atoms with Crippen molar-refractivity contribution in [3.05, 3.63) is 77.0 Å². The number of sulfone groups is 1. The van der Waals surface area contributed by atoms with E-state index >= 15 is 0 Å². The minimum absolute atomic E-state index is 0.232. The lowest BCUT2D eigenvalue weighted by Crippen LogP contribution is -2.43. The van der Waals surface area contributed by atoms with Crippen molar-refractivity contribution < 1.29 is 30.0 Å². The lowest BCUT2D eigenvalue weighted by atomic mass is 10.1. The van der Waals surface area contributed by atoms with Gasteiger partial charge >= 0.3 is 6.18 Å². The van der Waals surface area contributed by atoms with E-state index in [2.05, 4.69) is 15.4 Å². The molecule has 0 atom stereocenters. The van der Waals surface area contributed by atoms with Crippen molar-refractivity contribution in [3.8, 4) is 0 Å². The Hall–Kier alpha value is -2.67. The normalized spacial score (nSPS) is 16.3. The number of alkyl halides is 3. The number of piperidine rings is 1. The molecule has 0 bridgehead atoms. The third-order valence-electron chi connectivity index (χ3n) is 5.79. The van der Waals surface area contributed by atoms with Crippen molar-refractivity contribution in [2.24, 2.45) is 0 Å². The van der Waals surface area contributed by atoms with Crippen molar-refractivity contribution in [1.82, 2.24) is 15.4 Å². The Balaban J connectivity index is 1.84. The molecule has 0 amide bonds. The van der Waals surface area contributed by atoms with Crippen molar-refractivity contribution in [3.63, 3.8) is 0 Å². The van der Waals surface area contributed by atoms with E-state index in [4.69, 9.17) is 0 Å². The minimum atomic E-state index is -4.75. The Morgan fingerprint density at radius 1 is 1.05 bits per heavy atom. The molecule has 0 saturated carbocycles. The van der Waals surface area contributed by atoms with Crippen LogP contribution in [0.4, 0.5) is 13.2 Å². The molecule has 0 radical (unpaired) electrons. The van der Waals surface area contributed by atoms with Crippen LogP contribution >= 0.6 is 0 Å². The van der Waals surface area contributed by atoms with Gasteiger partial charge in [0.15, 0.2) is 9.84 Å². The number of nitrogens with one attached hydrogen (secondary N) is 3. The van der Waals surface area contributed by atoms with Crippen LogP contribution in [0.15, 0.2) is 65.2 Å². The monoisotopic (exact) mass is 557 g/mol. The summed E-state index contributed by atoms with van der Waals surface area (Å²) in [6.07, 6.45) is 0.226. The number of benzene rings is 2. The van der Waals surface area contributed by atoms with E-state index in [0.29, 0.717) is 37.7 Å². The second-order valence-electron chi connectivity index (χ2n) is 8.66. The van der Waals surface area contributed by atoms with Crippen LogP contribution in [0.1, 0.15) is 29.5 Å². The third-order valence-corrected chi connectivity index (χ3v) is 8.78. The fourth-order valence-corrected chi connectivity index (χ4v) is 6.47. The van der Waals surface area contributed by atoms with E-state index in [1.165, 1.54) is 0 Å². The van der Waals surface area contributed by atoms with Crippen LogP contribution in [0.25, 0.3) is 12.2 Å². The number of sulfonamides is 1. The Morgan fingerprint density at radius 3 is 2.35 bits per heavy atom. The van der Waals surface area contributed by atoms with E-state index in [9.17, 15) is 30.0 Å². The third kappa shape index (κ3) is 8.70. The highest BCUT2D eigenvalue weighted by atomic mass is 32.2. The van der Waals surface area contributed by atoms with Crippen LogP contribution in [0.2, 0.25) is 0 Å². The average Bonchev–Trinajstić information content (AvgIpc) is 2.83. The van der Waals surface area contributed by atoms with Crippen LogP contribution in [0.5, 0.6) is 0 Å². The topological polar surface area (TPSA) is 104 Å². The number of halogens is 3. The summed E-state index contributed by atoms with van der Waals surface area (Å²) in [5, 5.41) is 5.94. The molecule has 0 aliphatic carbocycles. The quantitative estimate of drug-likeness (QED) is 0.414. The fraction of sp³-hybridized carbons (Fsp3) is 0.360. The Kier molecular flexibility index (Phi) is 9.57. The summed E-state index contributed by atoms with van der Waals surface area (Å²) in [5.74, 6) is -0.990. The fourth-order valence-electron chi connectivity index (χ4n) is 3.90. The van der Waals surface area contributed by atoms with E-state index in [1.807, 2.05) is 6.07 Å². The van der Waals surface area contributed by atoms with Crippen molar-refractivity contribution in [1.29, 1.82) is 0 Å². The maximum atomic E-state index is 13.6. The Bertz CT molecular complexity index is 1330. The van der Waals surface area contributed by atoms with Crippen LogP contribution < -0.4 is 15.4 Å². The zero-order valence-corrected chi connectivity index (χ0v) is 21.9. The van der Waals surface area contributed by atoms with Gasteiger partial charge in [-0.2, -0.15) is 13.2 Å². The van der Waals surface area contributed by atoms with Crippen LogP contribution in [0.3, 0.4) is 0 Å². The van der Waals surface area contributed by atoms with Crippen molar-refractivity contribution >= 4 is 32.0 Å². The molecule has 37 heavy (non-hydrogen) atoms. The SMILES string of the molecule is CNC(=Cc1ccccc1)CS(=O)(=O)c1ccc(C(F)(F)F)c(C=CCS(=O)(=O)NC2CCNCC2)c1. The molecular weight excluding hydrogens is 527 g/mol. The molecule has 3 rings (SSSR count). The second-order valence-corrected chi connectivity index (χ2v) is 12.5. The molecule has 202 valence electrons. The van der Waals surface area contributed by atoms with E-state index < -0.39 is 48.7 Å². The predicted molar refractivity (Wildman–Crippen MR) is 139 cm³/mol. The molecule has 1 fully saturated rings. The van der Waals surface area contributed by atoms with Crippen molar-refractivity contribution in [2.75, 3.05) is 31.6 Å². The first-order chi connectivity index (χ1) is 17.4. The van der Waals surface area contributed by atoms with Gasteiger partial charge in [-0.05, 0) is 61.3 Å². The van der Waals surface area contributed by atoms with Crippen molar-refractivity contribution in [2.45, 2.75) is 30.0 Å². The van der Waals surface area contributed by atoms with Gasteiger partial charge in [0.25, 0.3) is 0 Å². The summed E-state index contributed by atoms with van der Waals surface area (Å²) < 4.78 is 94.3. The molecule has 2 aromatic carbocycles. The largest absolute Gasteiger partial charge is 0.416 e. The second kappa shape index (κ2) is 12.2. The molecule has 0 aromatic heterocycles. The summed E-state index contributed by atoms with van der Waals surface area (Å²) >= 11 is 0. The Morgan fingerprint density at radius 2 is 1.73 bits per heavy atom. The van der Waals surface area contributed by atoms with Crippen LogP contribution in [-0.4, -0.2) is 54.5 Å².